The van der Waals surface area contributed by atoms with Crippen LogP contribution in [0.1, 0.15) is 12.0 Å². The molecule has 0 amide bonds. The Morgan fingerprint density at radius 1 is 1.36 bits per heavy atom. The van der Waals surface area contributed by atoms with Gasteiger partial charge in [-0.25, -0.2) is 4.39 Å². The van der Waals surface area contributed by atoms with Gasteiger partial charge in [-0.15, -0.1) is 0 Å². The third-order valence-electron chi connectivity index (χ3n) is 1.46. The van der Waals surface area contributed by atoms with Gasteiger partial charge in [0.1, 0.15) is 0 Å². The highest BCUT2D eigenvalue weighted by atomic mass is 79.9. The van der Waals surface area contributed by atoms with Crippen LogP contribution in [0.5, 0.6) is 5.75 Å². The van der Waals surface area contributed by atoms with Crippen molar-refractivity contribution in [3.8, 4) is 17.6 Å². The van der Waals surface area contributed by atoms with Crippen LogP contribution in [0.25, 0.3) is 0 Å². The maximum atomic E-state index is 12.7. The zero-order chi connectivity index (χ0) is 10.6. The molecule has 0 saturated carbocycles. The van der Waals surface area contributed by atoms with Crippen LogP contribution in [0.2, 0.25) is 0 Å². The second-order valence-electron chi connectivity index (χ2n) is 2.53. The fourth-order valence-electron chi connectivity index (χ4n) is 0.859. The number of aromatic hydroxyl groups is 1. The fourth-order valence-corrected chi connectivity index (χ4v) is 1.06. The third-order valence-corrected chi connectivity index (χ3v) is 1.86. The topological polar surface area (TPSA) is 20.2 Å². The van der Waals surface area contributed by atoms with Gasteiger partial charge in [-0.3, -0.25) is 0 Å². The number of benzene rings is 1. The largest absolute Gasteiger partial charge is 0.505 e. The Hall–Kier alpha value is -1.08. The Bertz CT molecular complexity index is 370. The molecule has 0 fully saturated rings. The Labute approximate surface area is 88.9 Å². The number of hydrogen-bond donors (Lipinski definition) is 1. The monoisotopic (exact) mass is 260 g/mol. The van der Waals surface area contributed by atoms with Gasteiger partial charge in [0.25, 0.3) is 0 Å². The number of rotatable bonds is 1. The van der Waals surface area contributed by atoms with Gasteiger partial charge in [0.05, 0.1) is 0 Å². The van der Waals surface area contributed by atoms with Crippen molar-refractivity contribution in [1.29, 1.82) is 0 Å². The van der Waals surface area contributed by atoms with Crippen LogP contribution in [0.15, 0.2) is 12.1 Å². The minimum atomic E-state index is -1.24. The molecule has 0 heterocycles. The second kappa shape index (κ2) is 4.97. The summed E-state index contributed by atoms with van der Waals surface area (Å²) < 4.78 is 25.4. The molecule has 0 saturated heterocycles. The van der Waals surface area contributed by atoms with E-state index in [9.17, 15) is 8.78 Å². The lowest BCUT2D eigenvalue weighted by molar-refractivity contribution is 0.407. The molecule has 1 aromatic carbocycles. The summed E-state index contributed by atoms with van der Waals surface area (Å²) in [6.07, 6.45) is 0.611. The number of phenols is 1. The van der Waals surface area contributed by atoms with Gasteiger partial charge < -0.3 is 5.11 Å². The van der Waals surface area contributed by atoms with Crippen LogP contribution in [0.4, 0.5) is 8.78 Å². The van der Waals surface area contributed by atoms with Gasteiger partial charge in [-0.2, -0.15) is 4.39 Å². The normalized spacial score (nSPS) is 9.36. The summed E-state index contributed by atoms with van der Waals surface area (Å²) in [5.74, 6) is 2.29. The molecule has 74 valence electrons. The zero-order valence-corrected chi connectivity index (χ0v) is 8.74. The highest BCUT2D eigenvalue weighted by Gasteiger charge is 2.07. The van der Waals surface area contributed by atoms with Gasteiger partial charge >= 0.3 is 0 Å². The van der Waals surface area contributed by atoms with E-state index in [1.807, 2.05) is 0 Å². The molecule has 1 rings (SSSR count). The number of phenolic OH excluding ortho intramolecular Hbond substituents is 1. The average molecular weight is 261 g/mol. The summed E-state index contributed by atoms with van der Waals surface area (Å²) in [5, 5.41) is 9.66. The lowest BCUT2D eigenvalue weighted by Crippen LogP contribution is -1.86. The summed E-state index contributed by atoms with van der Waals surface area (Å²) in [5.41, 5.74) is 0.266. The predicted molar refractivity (Wildman–Crippen MR) is 53.3 cm³/mol. The molecule has 0 aliphatic heterocycles. The van der Waals surface area contributed by atoms with E-state index in [0.717, 1.165) is 17.5 Å². The molecule has 0 bridgehead atoms. The van der Waals surface area contributed by atoms with Crippen LogP contribution >= 0.6 is 15.9 Å². The Morgan fingerprint density at radius 2 is 2.07 bits per heavy atom. The maximum Gasteiger partial charge on any atom is 0.200 e. The van der Waals surface area contributed by atoms with Crippen LogP contribution in [-0.2, 0) is 0 Å². The number of alkyl halides is 1. The number of hydrogen-bond acceptors (Lipinski definition) is 1. The standard InChI is InChI=1S/C10H7BrF2O/c11-4-2-1-3-7-5-8(12)10(13)9(14)6-7/h5-6,14H,2,4H2. The van der Waals surface area contributed by atoms with E-state index in [0.29, 0.717) is 6.42 Å². The Kier molecular flexibility index (Phi) is 3.90. The highest BCUT2D eigenvalue weighted by molar-refractivity contribution is 9.09. The van der Waals surface area contributed by atoms with E-state index in [1.54, 1.807) is 0 Å². The first-order chi connectivity index (χ1) is 6.65. The molecular formula is C10H7BrF2O. The third kappa shape index (κ3) is 2.71. The van der Waals surface area contributed by atoms with E-state index < -0.39 is 17.4 Å². The van der Waals surface area contributed by atoms with Crippen molar-refractivity contribution in [2.24, 2.45) is 0 Å². The van der Waals surface area contributed by atoms with Gasteiger partial charge in [0.2, 0.25) is 0 Å². The smallest absolute Gasteiger partial charge is 0.200 e. The predicted octanol–water partition coefficient (Wildman–Crippen LogP) is 2.81. The van der Waals surface area contributed by atoms with Crippen LogP contribution in [0.3, 0.4) is 0 Å². The minimum absolute atomic E-state index is 0.266. The van der Waals surface area contributed by atoms with Crippen molar-refractivity contribution in [3.05, 3.63) is 29.3 Å². The highest BCUT2D eigenvalue weighted by Crippen LogP contribution is 2.19. The first-order valence-corrected chi connectivity index (χ1v) is 5.00. The number of halogens is 3. The molecule has 0 aliphatic carbocycles. The van der Waals surface area contributed by atoms with E-state index in [-0.39, 0.29) is 5.56 Å². The molecule has 1 nitrogen and oxygen atoms in total. The van der Waals surface area contributed by atoms with Crippen molar-refractivity contribution in [2.75, 3.05) is 5.33 Å². The molecule has 14 heavy (non-hydrogen) atoms. The van der Waals surface area contributed by atoms with E-state index >= 15 is 0 Å². The summed E-state index contributed by atoms with van der Waals surface area (Å²) in [6, 6.07) is 2.05. The van der Waals surface area contributed by atoms with E-state index in [1.165, 1.54) is 0 Å². The van der Waals surface area contributed by atoms with Gasteiger partial charge in [-0.05, 0) is 12.1 Å². The van der Waals surface area contributed by atoms with Crippen molar-refractivity contribution in [2.45, 2.75) is 6.42 Å². The van der Waals surface area contributed by atoms with Crippen LogP contribution in [0, 0.1) is 23.5 Å². The lowest BCUT2D eigenvalue weighted by atomic mass is 10.2. The molecular weight excluding hydrogens is 254 g/mol. The minimum Gasteiger partial charge on any atom is -0.505 e. The first-order valence-electron chi connectivity index (χ1n) is 3.88. The molecule has 4 heteroatoms. The average Bonchev–Trinajstić information content (AvgIpc) is 2.14. The van der Waals surface area contributed by atoms with Gasteiger partial charge in [0, 0.05) is 17.3 Å². The summed E-state index contributed by atoms with van der Waals surface area (Å²) >= 11 is 3.18. The molecule has 1 N–H and O–H groups in total. The molecule has 0 atom stereocenters. The molecule has 0 aromatic heterocycles. The zero-order valence-electron chi connectivity index (χ0n) is 7.15. The quantitative estimate of drug-likeness (QED) is 0.608. The van der Waals surface area contributed by atoms with E-state index in [4.69, 9.17) is 5.11 Å². The molecule has 0 unspecified atom stereocenters. The van der Waals surface area contributed by atoms with Crippen molar-refractivity contribution >= 4 is 15.9 Å². The van der Waals surface area contributed by atoms with E-state index in [2.05, 4.69) is 27.8 Å². The van der Waals surface area contributed by atoms with Gasteiger partial charge in [-0.1, -0.05) is 27.8 Å². The van der Waals surface area contributed by atoms with Crippen LogP contribution < -0.4 is 0 Å². The fraction of sp³-hybridized carbons (Fsp3) is 0.200. The molecule has 0 spiro atoms. The Balaban J connectivity index is 2.97. The second-order valence-corrected chi connectivity index (χ2v) is 3.32. The summed E-state index contributed by atoms with van der Waals surface area (Å²) in [6.45, 7) is 0. The van der Waals surface area contributed by atoms with Gasteiger partial charge in [0.15, 0.2) is 17.4 Å². The molecule has 0 aliphatic rings. The summed E-state index contributed by atoms with van der Waals surface area (Å²) in [4.78, 5) is 0. The first kappa shape index (κ1) is 11.0. The Morgan fingerprint density at radius 3 is 2.64 bits per heavy atom. The molecule has 1 aromatic rings. The lowest BCUT2D eigenvalue weighted by Gasteiger charge is -1.97. The van der Waals surface area contributed by atoms with Crippen molar-refractivity contribution in [3.63, 3.8) is 0 Å². The van der Waals surface area contributed by atoms with Crippen molar-refractivity contribution < 1.29 is 13.9 Å². The van der Waals surface area contributed by atoms with Crippen LogP contribution in [-0.4, -0.2) is 10.4 Å². The summed E-state index contributed by atoms with van der Waals surface area (Å²) in [7, 11) is 0. The molecule has 0 radical (unpaired) electrons. The maximum absolute atomic E-state index is 12.7. The van der Waals surface area contributed by atoms with Crippen molar-refractivity contribution in [1.82, 2.24) is 0 Å². The SMILES string of the molecule is Oc1cc(C#CCCBr)cc(F)c1F.